The molecule has 0 aliphatic carbocycles. The molecule has 10 heteroatoms. The standard InChI is InChI=1S/C38H43Cl3N2O3.C2H4O.CH4S/c1-10-37(11-2,25(7)42-9)46-35-17-15-28(40)20-31(35)33(18-22(3)4)38(24(6)30-19-27(39)13-12-23(30)5)32-16-14-29(41)21-34(32)43(26(8)44)36(38)45;1-2-3;1-2/h12-17,19-21,24,33,42H,3,7,10-11,18H2,1-2,4-6,8-9H3;2H,1H3;2H,1H3/t24-,33+,38+;;/m1../s1. The SMILES string of the molecule is C=C(C)C[C@@H](c1cc(Cl)ccc1OC(CC)(CC)C(=C)NC)[C@@]1([C@H](C)c2cc(Cl)ccc2C)C(=O)N(C(C)=O)c2cc(Cl)ccc21.CC=O.CS. The van der Waals surface area contributed by atoms with Crippen molar-refractivity contribution in [2.24, 2.45) is 0 Å². The number of carbonyl (C=O) groups excluding carboxylic acids is 3. The molecule has 276 valence electrons. The number of nitrogens with zero attached hydrogens (tertiary/aromatic N) is 1. The van der Waals surface area contributed by atoms with Crippen LogP contribution in [0.25, 0.3) is 0 Å². The molecule has 4 rings (SSSR count). The fourth-order valence-corrected chi connectivity index (χ4v) is 7.74. The number of benzene rings is 3. The molecule has 3 aromatic rings. The van der Waals surface area contributed by atoms with E-state index in [9.17, 15) is 4.79 Å². The first kappa shape index (κ1) is 43.9. The molecule has 0 radical (unpaired) electrons. The number of amides is 2. The second-order valence-electron chi connectivity index (χ2n) is 12.6. The fourth-order valence-electron chi connectivity index (χ4n) is 7.21. The molecule has 0 fully saturated rings. The molecule has 1 aliphatic heterocycles. The Morgan fingerprint density at radius 3 is 2.00 bits per heavy atom. The third kappa shape index (κ3) is 8.88. The molecule has 6 nitrogen and oxygen atoms in total. The minimum absolute atomic E-state index is 0.349. The number of aldehydes is 1. The third-order valence-electron chi connectivity index (χ3n) is 9.66. The lowest BCUT2D eigenvalue weighted by molar-refractivity contribution is -0.129. The van der Waals surface area contributed by atoms with E-state index in [4.69, 9.17) is 44.3 Å². The Kier molecular flexibility index (Phi) is 16.4. The highest BCUT2D eigenvalue weighted by molar-refractivity contribution is 7.79. The van der Waals surface area contributed by atoms with Crippen molar-refractivity contribution in [2.45, 2.75) is 90.6 Å². The zero-order valence-corrected chi connectivity index (χ0v) is 34.3. The number of carbonyl (C=O) groups is 3. The first-order valence-electron chi connectivity index (χ1n) is 16.9. The lowest BCUT2D eigenvalue weighted by Crippen LogP contribution is -2.50. The average molecular weight is 774 g/mol. The monoisotopic (exact) mass is 772 g/mol. The normalized spacial score (nSPS) is 16.0. The summed E-state index contributed by atoms with van der Waals surface area (Å²) in [5.41, 5.74) is 3.30. The van der Waals surface area contributed by atoms with E-state index in [1.165, 1.54) is 18.7 Å². The number of thiol groups is 1. The van der Waals surface area contributed by atoms with Gasteiger partial charge in [0.2, 0.25) is 11.8 Å². The lowest BCUT2D eigenvalue weighted by Gasteiger charge is -2.44. The minimum atomic E-state index is -1.32. The van der Waals surface area contributed by atoms with Gasteiger partial charge in [-0.15, -0.1) is 6.58 Å². The molecule has 1 aliphatic rings. The van der Waals surface area contributed by atoms with Gasteiger partial charge in [-0.25, -0.2) is 4.90 Å². The molecule has 3 aromatic carbocycles. The van der Waals surface area contributed by atoms with Crippen LogP contribution in [0.1, 0.15) is 94.9 Å². The summed E-state index contributed by atoms with van der Waals surface area (Å²) in [5.74, 6) is -1.21. The largest absolute Gasteiger partial charge is 0.481 e. The maximum atomic E-state index is 15.3. The van der Waals surface area contributed by atoms with E-state index in [1.54, 1.807) is 24.5 Å². The molecule has 0 spiro atoms. The number of rotatable bonds is 12. The molecular formula is C41H51Cl3N2O4S. The molecule has 0 aromatic heterocycles. The maximum absolute atomic E-state index is 15.3. The van der Waals surface area contributed by atoms with E-state index < -0.39 is 28.8 Å². The van der Waals surface area contributed by atoms with Crippen molar-refractivity contribution >= 4 is 71.2 Å². The summed E-state index contributed by atoms with van der Waals surface area (Å²) in [6.07, 6.45) is 4.15. The highest BCUT2D eigenvalue weighted by atomic mass is 35.5. The molecule has 0 saturated heterocycles. The lowest BCUT2D eigenvalue weighted by atomic mass is 9.58. The van der Waals surface area contributed by atoms with E-state index in [0.717, 1.165) is 34.2 Å². The summed E-state index contributed by atoms with van der Waals surface area (Å²) in [7, 11) is 1.83. The zero-order valence-electron chi connectivity index (χ0n) is 31.1. The van der Waals surface area contributed by atoms with Gasteiger partial charge in [0.05, 0.1) is 11.1 Å². The van der Waals surface area contributed by atoms with Gasteiger partial charge in [0, 0.05) is 52.1 Å². The maximum Gasteiger partial charge on any atom is 0.245 e. The molecule has 2 amide bonds. The number of fused-ring (bicyclic) bond motifs is 1. The summed E-state index contributed by atoms with van der Waals surface area (Å²) >= 11 is 23.4. The van der Waals surface area contributed by atoms with Crippen LogP contribution in [0.2, 0.25) is 15.1 Å². The molecule has 0 bridgehead atoms. The second kappa shape index (κ2) is 19.0. The van der Waals surface area contributed by atoms with Crippen molar-refractivity contribution in [1.82, 2.24) is 5.32 Å². The van der Waals surface area contributed by atoms with Crippen LogP contribution in [-0.4, -0.2) is 37.0 Å². The van der Waals surface area contributed by atoms with Gasteiger partial charge in [-0.2, -0.15) is 12.6 Å². The number of hydrogen-bond acceptors (Lipinski definition) is 6. The van der Waals surface area contributed by atoms with E-state index in [-0.39, 0.29) is 5.91 Å². The first-order chi connectivity index (χ1) is 24.1. The molecule has 1 N–H and O–H groups in total. The summed E-state index contributed by atoms with van der Waals surface area (Å²) in [4.78, 5) is 38.7. The Hall–Kier alpha value is -3.23. The van der Waals surface area contributed by atoms with Gasteiger partial charge in [-0.05, 0) is 105 Å². The quantitative estimate of drug-likeness (QED) is 0.109. The van der Waals surface area contributed by atoms with Crippen molar-refractivity contribution in [1.29, 1.82) is 0 Å². The van der Waals surface area contributed by atoms with Gasteiger partial charge < -0.3 is 14.8 Å². The van der Waals surface area contributed by atoms with E-state index in [1.807, 2.05) is 64.2 Å². The van der Waals surface area contributed by atoms with Crippen LogP contribution in [0.15, 0.2) is 79.0 Å². The van der Waals surface area contributed by atoms with Crippen LogP contribution in [-0.2, 0) is 19.8 Å². The number of aryl methyl sites for hydroxylation is 1. The molecule has 3 atom stereocenters. The number of anilines is 1. The van der Waals surface area contributed by atoms with Crippen molar-refractivity contribution in [3.05, 3.63) is 116 Å². The minimum Gasteiger partial charge on any atom is -0.481 e. The van der Waals surface area contributed by atoms with Crippen molar-refractivity contribution < 1.29 is 19.1 Å². The molecular weight excluding hydrogens is 723 g/mol. The number of halogens is 3. The van der Waals surface area contributed by atoms with Crippen LogP contribution >= 0.6 is 47.4 Å². The van der Waals surface area contributed by atoms with Gasteiger partial charge in [-0.3, -0.25) is 9.59 Å². The Morgan fingerprint density at radius 1 is 0.980 bits per heavy atom. The van der Waals surface area contributed by atoms with Crippen molar-refractivity contribution in [3.63, 3.8) is 0 Å². The van der Waals surface area contributed by atoms with Crippen LogP contribution in [0.3, 0.4) is 0 Å². The van der Waals surface area contributed by atoms with Gasteiger partial charge in [0.15, 0.2) is 0 Å². The topological polar surface area (TPSA) is 75.7 Å². The summed E-state index contributed by atoms with van der Waals surface area (Å²) in [5, 5.41) is 4.66. The summed E-state index contributed by atoms with van der Waals surface area (Å²) in [6, 6.07) is 16.6. The highest BCUT2D eigenvalue weighted by Gasteiger charge is 2.60. The third-order valence-corrected chi connectivity index (χ3v) is 10.4. The first-order valence-corrected chi connectivity index (χ1v) is 18.9. The van der Waals surface area contributed by atoms with E-state index >= 15 is 4.79 Å². The zero-order chi connectivity index (χ0) is 38.8. The predicted molar refractivity (Wildman–Crippen MR) is 218 cm³/mol. The number of likely N-dealkylation sites (N-methyl/N-ethyl adjacent to an activating group) is 1. The van der Waals surface area contributed by atoms with Crippen LogP contribution in [0.5, 0.6) is 5.75 Å². The van der Waals surface area contributed by atoms with Crippen LogP contribution < -0.4 is 15.0 Å². The number of hydrogen-bond donors (Lipinski definition) is 2. The summed E-state index contributed by atoms with van der Waals surface area (Å²) in [6.45, 7) is 21.5. The van der Waals surface area contributed by atoms with Crippen molar-refractivity contribution in [3.8, 4) is 5.75 Å². The molecule has 0 unspecified atom stereocenters. The Morgan fingerprint density at radius 2 is 1.49 bits per heavy atom. The Labute approximate surface area is 325 Å². The molecule has 51 heavy (non-hydrogen) atoms. The molecule has 1 heterocycles. The Bertz CT molecular complexity index is 1760. The number of ether oxygens (including phenoxy) is 1. The van der Waals surface area contributed by atoms with E-state index in [0.29, 0.717) is 51.3 Å². The van der Waals surface area contributed by atoms with Crippen LogP contribution in [0, 0.1) is 6.92 Å². The average Bonchev–Trinajstić information content (AvgIpc) is 3.35. The predicted octanol–water partition coefficient (Wildman–Crippen LogP) is 11.1. The summed E-state index contributed by atoms with van der Waals surface area (Å²) < 4.78 is 6.97. The van der Waals surface area contributed by atoms with Gasteiger partial charge in [-0.1, -0.05) is 79.9 Å². The molecule has 0 saturated carbocycles. The van der Waals surface area contributed by atoms with Gasteiger partial charge in [0.1, 0.15) is 17.6 Å². The van der Waals surface area contributed by atoms with Crippen molar-refractivity contribution in [2.75, 3.05) is 18.2 Å². The Balaban J connectivity index is 0.00000171. The van der Waals surface area contributed by atoms with E-state index in [2.05, 4.69) is 45.0 Å². The smallest absolute Gasteiger partial charge is 0.245 e. The second-order valence-corrected chi connectivity index (χ2v) is 13.9. The van der Waals surface area contributed by atoms with Crippen LogP contribution in [0.4, 0.5) is 5.69 Å². The number of nitrogens with one attached hydrogen (secondary N) is 1. The highest BCUT2D eigenvalue weighted by Crippen LogP contribution is 2.60. The van der Waals surface area contributed by atoms with Gasteiger partial charge >= 0.3 is 0 Å². The van der Waals surface area contributed by atoms with Gasteiger partial charge in [0.25, 0.3) is 0 Å². The number of imide groups is 1. The fraction of sp³-hybridized carbons (Fsp3) is 0.390. The number of allylic oxidation sites excluding steroid dienone is 1.